The van der Waals surface area contributed by atoms with Crippen molar-refractivity contribution in [3.05, 3.63) is 64.8 Å². The topological polar surface area (TPSA) is 72.7 Å². The molecule has 2 heterocycles. The molecule has 1 fully saturated rings. The summed E-state index contributed by atoms with van der Waals surface area (Å²) in [5.41, 5.74) is 4.21. The smallest absolute Gasteiger partial charge is 0.352 e. The number of rotatable bonds is 8. The lowest BCUT2D eigenvalue weighted by molar-refractivity contribution is 0.0684. The van der Waals surface area contributed by atoms with Gasteiger partial charge in [0.1, 0.15) is 11.4 Å². The van der Waals surface area contributed by atoms with E-state index in [9.17, 15) is 9.90 Å². The highest BCUT2D eigenvalue weighted by Crippen LogP contribution is 2.31. The molecule has 6 heteroatoms. The van der Waals surface area contributed by atoms with Crippen molar-refractivity contribution in [2.45, 2.75) is 39.0 Å². The van der Waals surface area contributed by atoms with Crippen LogP contribution in [0.5, 0.6) is 5.75 Å². The quantitative estimate of drug-likeness (QED) is 0.590. The molecule has 2 N–H and O–H groups in total. The molecule has 0 spiro atoms. The monoisotopic (exact) mass is 408 g/mol. The highest BCUT2D eigenvalue weighted by molar-refractivity contribution is 5.98. The van der Waals surface area contributed by atoms with Crippen LogP contribution in [0, 0.1) is 6.92 Å². The molecule has 0 amide bonds. The molecule has 3 aromatic rings. The van der Waals surface area contributed by atoms with Crippen molar-refractivity contribution in [3.8, 4) is 5.75 Å². The van der Waals surface area contributed by atoms with Crippen LogP contribution in [0.2, 0.25) is 0 Å². The summed E-state index contributed by atoms with van der Waals surface area (Å²) in [7, 11) is 1.62. The van der Waals surface area contributed by atoms with Gasteiger partial charge >= 0.3 is 5.97 Å². The van der Waals surface area contributed by atoms with E-state index in [0.29, 0.717) is 24.5 Å². The molecule has 1 aromatic heterocycles. The van der Waals surface area contributed by atoms with Gasteiger partial charge in [-0.05, 0) is 37.5 Å². The molecular weight excluding hydrogens is 380 g/mol. The molecule has 4 rings (SSSR count). The molecule has 0 unspecified atom stereocenters. The number of benzene rings is 2. The summed E-state index contributed by atoms with van der Waals surface area (Å²) < 4.78 is 13.0. The summed E-state index contributed by atoms with van der Waals surface area (Å²) in [4.78, 5) is 12.3. The lowest BCUT2D eigenvalue weighted by Gasteiger charge is -2.12. The zero-order valence-corrected chi connectivity index (χ0v) is 17.5. The van der Waals surface area contributed by atoms with E-state index in [1.807, 2.05) is 54.0 Å². The lowest BCUT2D eigenvalue weighted by atomic mass is 10.1. The largest absolute Gasteiger partial charge is 0.497 e. The number of nitrogens with one attached hydrogen (secondary N) is 1. The number of aromatic nitrogens is 1. The van der Waals surface area contributed by atoms with E-state index < -0.39 is 5.97 Å². The van der Waals surface area contributed by atoms with Crippen molar-refractivity contribution in [1.29, 1.82) is 0 Å². The number of fused-ring (bicyclic) bond motifs is 1. The molecule has 2 aromatic carbocycles. The van der Waals surface area contributed by atoms with Gasteiger partial charge in [-0.25, -0.2) is 4.79 Å². The van der Waals surface area contributed by atoms with Crippen LogP contribution in [0.15, 0.2) is 42.5 Å². The first-order valence-corrected chi connectivity index (χ1v) is 10.4. The predicted molar refractivity (Wildman–Crippen MR) is 116 cm³/mol. The second kappa shape index (κ2) is 8.90. The van der Waals surface area contributed by atoms with Gasteiger partial charge in [-0.3, -0.25) is 0 Å². The van der Waals surface area contributed by atoms with Gasteiger partial charge in [-0.15, -0.1) is 0 Å². The van der Waals surface area contributed by atoms with Gasteiger partial charge in [0.25, 0.3) is 0 Å². The first-order chi connectivity index (χ1) is 14.6. The maximum atomic E-state index is 12.3. The van der Waals surface area contributed by atoms with E-state index in [2.05, 4.69) is 5.32 Å². The van der Waals surface area contributed by atoms with Gasteiger partial charge in [0.2, 0.25) is 0 Å². The minimum Gasteiger partial charge on any atom is -0.497 e. The second-order valence-corrected chi connectivity index (χ2v) is 7.85. The van der Waals surface area contributed by atoms with Crippen LogP contribution in [-0.4, -0.2) is 42.0 Å². The minimum absolute atomic E-state index is 0.208. The molecule has 0 radical (unpaired) electrons. The first kappa shape index (κ1) is 20.4. The van der Waals surface area contributed by atoms with E-state index in [-0.39, 0.29) is 6.10 Å². The summed E-state index contributed by atoms with van der Waals surface area (Å²) in [6.07, 6.45) is 2.34. The Labute approximate surface area is 176 Å². The van der Waals surface area contributed by atoms with Crippen LogP contribution < -0.4 is 10.1 Å². The first-order valence-electron chi connectivity index (χ1n) is 10.4. The Bertz CT molecular complexity index is 1030. The molecule has 1 atom stereocenters. The molecular formula is C24H28N2O4. The van der Waals surface area contributed by atoms with Gasteiger partial charge in [0.15, 0.2) is 0 Å². The molecule has 0 bridgehead atoms. The number of methoxy groups -OCH3 is 1. The third-order valence-corrected chi connectivity index (χ3v) is 5.74. The molecule has 1 aliphatic heterocycles. The number of carbonyl (C=O) groups is 1. The zero-order chi connectivity index (χ0) is 21.1. The molecule has 0 aliphatic carbocycles. The Morgan fingerprint density at radius 1 is 1.27 bits per heavy atom. The maximum absolute atomic E-state index is 12.3. The summed E-state index contributed by atoms with van der Waals surface area (Å²) >= 11 is 0. The van der Waals surface area contributed by atoms with E-state index in [4.69, 9.17) is 9.47 Å². The fraction of sp³-hybridized carbons (Fsp3) is 0.375. The SMILES string of the molecule is COc1ccc2c(CNC[C@H]3CCCO3)c(C(=O)O)n(Cc3ccc(C)cc3)c2c1. The van der Waals surface area contributed by atoms with Crippen molar-refractivity contribution in [3.63, 3.8) is 0 Å². The fourth-order valence-electron chi connectivity index (χ4n) is 4.16. The normalized spacial score (nSPS) is 16.3. The van der Waals surface area contributed by atoms with Gasteiger partial charge < -0.3 is 24.5 Å². The number of hydrogen-bond acceptors (Lipinski definition) is 4. The van der Waals surface area contributed by atoms with Gasteiger partial charge in [0.05, 0.1) is 18.7 Å². The highest BCUT2D eigenvalue weighted by atomic mass is 16.5. The van der Waals surface area contributed by atoms with Gasteiger partial charge in [-0.1, -0.05) is 29.8 Å². The third-order valence-electron chi connectivity index (χ3n) is 5.74. The fourth-order valence-corrected chi connectivity index (χ4v) is 4.16. The maximum Gasteiger partial charge on any atom is 0.352 e. The Morgan fingerprint density at radius 3 is 2.73 bits per heavy atom. The van der Waals surface area contributed by atoms with Crippen molar-refractivity contribution in [2.75, 3.05) is 20.3 Å². The van der Waals surface area contributed by atoms with E-state index in [1.54, 1.807) is 7.11 Å². The second-order valence-electron chi connectivity index (χ2n) is 7.85. The van der Waals surface area contributed by atoms with Crippen LogP contribution in [-0.2, 0) is 17.8 Å². The molecule has 158 valence electrons. The number of carboxylic acids is 1. The predicted octanol–water partition coefficient (Wildman–Crippen LogP) is 3.97. The number of carboxylic acid groups (broad SMARTS) is 1. The Kier molecular flexibility index (Phi) is 6.06. The average Bonchev–Trinajstić information content (AvgIpc) is 3.36. The minimum atomic E-state index is -0.925. The van der Waals surface area contributed by atoms with Crippen LogP contribution >= 0.6 is 0 Å². The van der Waals surface area contributed by atoms with Gasteiger partial charge in [-0.2, -0.15) is 0 Å². The molecule has 0 saturated carbocycles. The van der Waals surface area contributed by atoms with Crippen molar-refractivity contribution < 1.29 is 19.4 Å². The highest BCUT2D eigenvalue weighted by Gasteiger charge is 2.23. The van der Waals surface area contributed by atoms with Crippen molar-refractivity contribution >= 4 is 16.9 Å². The third kappa shape index (κ3) is 4.20. The summed E-state index contributed by atoms with van der Waals surface area (Å²) in [6, 6.07) is 13.9. The molecule has 1 aliphatic rings. The Morgan fingerprint density at radius 2 is 2.07 bits per heavy atom. The summed E-state index contributed by atoms with van der Waals surface area (Å²) in [5, 5.41) is 14.4. The number of aromatic carboxylic acids is 1. The van der Waals surface area contributed by atoms with E-state index in [0.717, 1.165) is 48.0 Å². The molecule has 30 heavy (non-hydrogen) atoms. The van der Waals surface area contributed by atoms with Crippen LogP contribution in [0.4, 0.5) is 0 Å². The van der Waals surface area contributed by atoms with E-state index >= 15 is 0 Å². The zero-order valence-electron chi connectivity index (χ0n) is 17.5. The number of nitrogens with zero attached hydrogens (tertiary/aromatic N) is 1. The molecule has 1 saturated heterocycles. The average molecular weight is 408 g/mol. The summed E-state index contributed by atoms with van der Waals surface area (Å²) in [5.74, 6) is -0.216. The van der Waals surface area contributed by atoms with Crippen LogP contribution in [0.25, 0.3) is 10.9 Å². The standard InChI is InChI=1S/C24H28N2O4/c1-16-5-7-17(8-6-16)15-26-22-12-18(29-2)9-10-20(22)21(23(26)24(27)28)14-25-13-19-4-3-11-30-19/h5-10,12,19,25H,3-4,11,13-15H2,1-2H3,(H,27,28)/t19-/m1/s1. The number of aryl methyl sites for hydroxylation is 1. The molecule has 6 nitrogen and oxygen atoms in total. The van der Waals surface area contributed by atoms with E-state index in [1.165, 1.54) is 5.56 Å². The van der Waals surface area contributed by atoms with Crippen molar-refractivity contribution in [1.82, 2.24) is 9.88 Å². The van der Waals surface area contributed by atoms with Crippen LogP contribution in [0.1, 0.15) is 40.0 Å². The van der Waals surface area contributed by atoms with Gasteiger partial charge in [0, 0.05) is 43.3 Å². The Hall–Kier alpha value is -2.83. The Balaban J connectivity index is 1.73. The number of hydrogen-bond donors (Lipinski definition) is 2. The summed E-state index contributed by atoms with van der Waals surface area (Å²) in [6.45, 7) is 4.53. The van der Waals surface area contributed by atoms with Crippen LogP contribution in [0.3, 0.4) is 0 Å². The lowest BCUT2D eigenvalue weighted by Crippen LogP contribution is -2.26. The van der Waals surface area contributed by atoms with Crippen molar-refractivity contribution in [2.24, 2.45) is 0 Å². The number of ether oxygens (including phenoxy) is 2.